The van der Waals surface area contributed by atoms with Crippen LogP contribution in [-0.4, -0.2) is 36.5 Å². The van der Waals surface area contributed by atoms with Crippen LogP contribution in [0.4, 0.5) is 10.1 Å². The maximum absolute atomic E-state index is 14.6. The van der Waals surface area contributed by atoms with E-state index in [0.29, 0.717) is 44.3 Å². The molecular weight excluding hydrogens is 541 g/mol. The van der Waals surface area contributed by atoms with E-state index >= 15 is 0 Å². The number of fused-ring (bicyclic) bond motifs is 5. The highest BCUT2D eigenvalue weighted by atomic mass is 35.5. The molecule has 4 aromatic rings. The molecule has 0 radical (unpaired) electrons. The Morgan fingerprint density at radius 2 is 1.61 bits per heavy atom. The second-order valence-corrected chi connectivity index (χ2v) is 11.0. The molecule has 0 amide bonds. The Morgan fingerprint density at radius 1 is 0.902 bits per heavy atom. The van der Waals surface area contributed by atoms with Crippen LogP contribution in [0.2, 0.25) is 5.02 Å². The van der Waals surface area contributed by atoms with Gasteiger partial charge in [-0.25, -0.2) is 4.39 Å². The number of halogens is 2. The lowest BCUT2D eigenvalue weighted by Crippen LogP contribution is -2.48. The maximum atomic E-state index is 14.6. The van der Waals surface area contributed by atoms with Crippen LogP contribution in [0.3, 0.4) is 0 Å². The average Bonchev–Trinajstić information content (AvgIpc) is 3.43. The number of hydrogen-bond acceptors (Lipinski definition) is 5. The zero-order chi connectivity index (χ0) is 28.5. The van der Waals surface area contributed by atoms with Crippen LogP contribution in [0.25, 0.3) is 6.08 Å². The predicted octanol–water partition coefficient (Wildman–Crippen LogP) is 6.80. The number of hydrogen-bond donors (Lipinski definition) is 0. The van der Waals surface area contributed by atoms with Crippen molar-refractivity contribution in [1.82, 2.24) is 0 Å². The molecule has 1 aliphatic carbocycles. The van der Waals surface area contributed by atoms with Crippen molar-refractivity contribution in [1.29, 1.82) is 0 Å². The smallest absolute Gasteiger partial charge is 0.185 e. The van der Waals surface area contributed by atoms with Crippen molar-refractivity contribution in [3.63, 3.8) is 0 Å². The molecule has 2 heterocycles. The SMILES string of the molecule is COc1cccc([C@@H]2[C@H](C(=O)c3ccc(Cl)cc3)N3c4ccc(F)cc4C=C[C@@H]3C23C(=O)c2ccccc2C3=O)c1. The lowest BCUT2D eigenvalue weighted by atomic mass is 9.64. The van der Waals surface area contributed by atoms with Crippen molar-refractivity contribution in [3.8, 4) is 5.75 Å². The molecule has 0 saturated carbocycles. The molecule has 3 aliphatic rings. The number of ether oxygens (including phenoxy) is 1. The monoisotopic (exact) mass is 563 g/mol. The topological polar surface area (TPSA) is 63.7 Å². The molecule has 5 nitrogen and oxygen atoms in total. The lowest BCUT2D eigenvalue weighted by Gasteiger charge is -2.37. The van der Waals surface area contributed by atoms with E-state index in [9.17, 15) is 18.8 Å². The summed E-state index contributed by atoms with van der Waals surface area (Å²) in [5, 5.41) is 0.477. The van der Waals surface area contributed by atoms with Crippen LogP contribution in [0, 0.1) is 11.2 Å². The summed E-state index contributed by atoms with van der Waals surface area (Å²) in [5.41, 5.74) is 1.17. The molecule has 4 aromatic carbocycles. The number of Topliss-reactive ketones (excluding diaryl/α,β-unsaturated/α-hetero) is 3. The van der Waals surface area contributed by atoms with E-state index in [-0.39, 0.29) is 17.3 Å². The minimum absolute atomic E-state index is 0.279. The number of anilines is 1. The summed E-state index contributed by atoms with van der Waals surface area (Å²) < 4.78 is 19.9. The summed E-state index contributed by atoms with van der Waals surface area (Å²) in [6.45, 7) is 0. The van der Waals surface area contributed by atoms with Gasteiger partial charge >= 0.3 is 0 Å². The molecule has 0 aromatic heterocycles. The van der Waals surface area contributed by atoms with Crippen LogP contribution < -0.4 is 9.64 Å². The summed E-state index contributed by atoms with van der Waals surface area (Å²) in [6.07, 6.45) is 3.51. The van der Waals surface area contributed by atoms with Crippen LogP contribution in [0.5, 0.6) is 5.75 Å². The highest BCUT2D eigenvalue weighted by Crippen LogP contribution is 2.61. The minimum atomic E-state index is -1.65. The van der Waals surface area contributed by atoms with Gasteiger partial charge in [0, 0.05) is 38.9 Å². The van der Waals surface area contributed by atoms with E-state index in [1.165, 1.54) is 12.1 Å². The first kappa shape index (κ1) is 25.4. The summed E-state index contributed by atoms with van der Waals surface area (Å²) in [6, 6.07) is 23.1. The van der Waals surface area contributed by atoms with Crippen molar-refractivity contribution >= 4 is 40.7 Å². The summed E-state index contributed by atoms with van der Waals surface area (Å²) in [4.78, 5) is 45.7. The Balaban J connectivity index is 1.55. The van der Waals surface area contributed by atoms with Gasteiger partial charge in [0.2, 0.25) is 0 Å². The summed E-state index contributed by atoms with van der Waals surface area (Å²) >= 11 is 6.15. The van der Waals surface area contributed by atoms with E-state index in [1.807, 2.05) is 11.0 Å². The van der Waals surface area contributed by atoms with Gasteiger partial charge in [0.25, 0.3) is 0 Å². The van der Waals surface area contributed by atoms with Crippen LogP contribution >= 0.6 is 11.6 Å². The first-order valence-electron chi connectivity index (χ1n) is 13.2. The van der Waals surface area contributed by atoms with E-state index in [1.54, 1.807) is 92.1 Å². The van der Waals surface area contributed by atoms with Gasteiger partial charge in [0.15, 0.2) is 17.3 Å². The third kappa shape index (κ3) is 3.50. The molecule has 0 unspecified atom stereocenters. The van der Waals surface area contributed by atoms with E-state index in [0.717, 1.165) is 0 Å². The van der Waals surface area contributed by atoms with Crippen LogP contribution in [-0.2, 0) is 0 Å². The van der Waals surface area contributed by atoms with Gasteiger partial charge in [-0.3, -0.25) is 14.4 Å². The maximum Gasteiger partial charge on any atom is 0.185 e. The molecule has 0 N–H and O–H groups in total. The van der Waals surface area contributed by atoms with Crippen molar-refractivity contribution in [2.24, 2.45) is 5.41 Å². The normalized spacial score (nSPS) is 21.5. The predicted molar refractivity (Wildman–Crippen MR) is 155 cm³/mol. The number of carbonyl (C=O) groups excluding carboxylic acids is 3. The third-order valence-corrected chi connectivity index (χ3v) is 8.87. The van der Waals surface area contributed by atoms with Gasteiger partial charge in [0.1, 0.15) is 23.0 Å². The Bertz CT molecular complexity index is 1760. The van der Waals surface area contributed by atoms with Crippen LogP contribution in [0.15, 0.2) is 97.1 Å². The zero-order valence-electron chi connectivity index (χ0n) is 21.9. The molecule has 1 spiro atoms. The molecule has 7 heteroatoms. The second kappa shape index (κ2) is 9.25. The van der Waals surface area contributed by atoms with Crippen molar-refractivity contribution in [2.45, 2.75) is 18.0 Å². The van der Waals surface area contributed by atoms with E-state index in [2.05, 4.69) is 0 Å². The molecule has 1 saturated heterocycles. The third-order valence-electron chi connectivity index (χ3n) is 8.62. The fraction of sp³-hybridized carbons (Fsp3) is 0.147. The highest BCUT2D eigenvalue weighted by Gasteiger charge is 2.71. The Labute approximate surface area is 240 Å². The molecule has 7 rings (SSSR count). The minimum Gasteiger partial charge on any atom is -0.497 e. The first-order chi connectivity index (χ1) is 19.9. The van der Waals surface area contributed by atoms with E-state index in [4.69, 9.17) is 16.3 Å². The average molecular weight is 564 g/mol. The Kier molecular flexibility index (Phi) is 5.73. The highest BCUT2D eigenvalue weighted by molar-refractivity contribution is 6.32. The van der Waals surface area contributed by atoms with Gasteiger partial charge in [-0.1, -0.05) is 60.2 Å². The molecule has 202 valence electrons. The first-order valence-corrected chi connectivity index (χ1v) is 13.6. The second-order valence-electron chi connectivity index (χ2n) is 10.6. The number of nitrogens with zero attached hydrogens (tertiary/aromatic N) is 1. The largest absolute Gasteiger partial charge is 0.497 e. The lowest BCUT2D eigenvalue weighted by molar-refractivity contribution is 0.0665. The molecule has 1 fully saturated rings. The molecular formula is C34H23ClFNO4. The number of ketones is 3. The fourth-order valence-corrected chi connectivity index (χ4v) is 7.07. The summed E-state index contributed by atoms with van der Waals surface area (Å²) in [5.74, 6) is -1.72. The van der Waals surface area contributed by atoms with Gasteiger partial charge in [-0.2, -0.15) is 0 Å². The quantitative estimate of drug-likeness (QED) is 0.202. The number of carbonyl (C=O) groups is 3. The van der Waals surface area contributed by atoms with Crippen molar-refractivity contribution in [2.75, 3.05) is 12.0 Å². The van der Waals surface area contributed by atoms with Crippen molar-refractivity contribution < 1.29 is 23.5 Å². The molecule has 2 aliphatic heterocycles. The Hall–Kier alpha value is -4.55. The molecule has 0 bridgehead atoms. The van der Waals surface area contributed by atoms with Gasteiger partial charge in [0.05, 0.1) is 13.2 Å². The Morgan fingerprint density at radius 3 is 2.29 bits per heavy atom. The summed E-state index contributed by atoms with van der Waals surface area (Å²) in [7, 11) is 1.54. The van der Waals surface area contributed by atoms with Gasteiger partial charge in [-0.05, 0) is 60.2 Å². The van der Waals surface area contributed by atoms with Crippen LogP contribution in [0.1, 0.15) is 48.1 Å². The standard InChI is InChI=1S/C34H23ClFNO4/c1-41-24-6-4-5-21(18-24)29-30(31(38)19-9-12-22(35)13-10-19)37-27-15-14-23(36)17-20(27)11-16-28(37)34(29)32(39)25-7-2-3-8-26(25)33(34)40/h2-18,28-30H,1H3/t28-,29-,30-/m1/s1. The number of rotatable bonds is 4. The number of methoxy groups -OCH3 is 1. The fourth-order valence-electron chi connectivity index (χ4n) is 6.94. The van der Waals surface area contributed by atoms with Gasteiger partial charge in [-0.15, -0.1) is 0 Å². The zero-order valence-corrected chi connectivity index (χ0v) is 22.6. The molecule has 41 heavy (non-hydrogen) atoms. The molecule has 3 atom stereocenters. The van der Waals surface area contributed by atoms with Crippen molar-refractivity contribution in [3.05, 3.63) is 136 Å². The van der Waals surface area contributed by atoms with Gasteiger partial charge < -0.3 is 9.64 Å². The van der Waals surface area contributed by atoms with E-state index < -0.39 is 29.2 Å². The number of benzene rings is 4.